The number of carbonyl (C=O) groups excluding carboxylic acids is 2. The van der Waals surface area contributed by atoms with E-state index in [1.807, 2.05) is 6.92 Å². The third-order valence-electron chi connectivity index (χ3n) is 3.29. The summed E-state index contributed by atoms with van der Waals surface area (Å²) < 4.78 is 10.4. The number of amides is 2. The van der Waals surface area contributed by atoms with E-state index in [1.54, 1.807) is 25.3 Å². The highest BCUT2D eigenvalue weighted by Gasteiger charge is 2.33. The lowest BCUT2D eigenvalue weighted by atomic mass is 10.1. The number of benzene rings is 1. The zero-order valence-corrected chi connectivity index (χ0v) is 11.8. The molecule has 1 aliphatic rings. The molecule has 2 rings (SSSR count). The minimum absolute atomic E-state index is 0.00196. The Labute approximate surface area is 117 Å². The van der Waals surface area contributed by atoms with Crippen molar-refractivity contribution in [2.75, 3.05) is 25.7 Å². The van der Waals surface area contributed by atoms with Crippen LogP contribution in [-0.4, -0.2) is 38.6 Å². The molecule has 1 aliphatic heterocycles. The third-order valence-corrected chi connectivity index (χ3v) is 3.29. The molecule has 1 unspecified atom stereocenters. The van der Waals surface area contributed by atoms with Crippen LogP contribution >= 0.6 is 0 Å². The molecule has 2 amide bonds. The lowest BCUT2D eigenvalue weighted by molar-refractivity contribution is -0.131. The number of nitrogens with zero attached hydrogens (tertiary/aromatic N) is 1. The van der Waals surface area contributed by atoms with Crippen LogP contribution in [0.2, 0.25) is 0 Å². The molecule has 1 heterocycles. The van der Waals surface area contributed by atoms with Gasteiger partial charge in [-0.25, -0.2) is 0 Å². The number of anilines is 1. The predicted molar refractivity (Wildman–Crippen MR) is 74.1 cm³/mol. The summed E-state index contributed by atoms with van der Waals surface area (Å²) >= 11 is 0. The molecule has 0 spiro atoms. The Kier molecular flexibility index (Phi) is 4.12. The van der Waals surface area contributed by atoms with Crippen molar-refractivity contribution in [1.82, 2.24) is 5.32 Å². The summed E-state index contributed by atoms with van der Waals surface area (Å²) in [5.74, 6) is 0.832. The number of methoxy groups -OCH3 is 2. The predicted octanol–water partition coefficient (Wildman–Crippen LogP) is 0.945. The van der Waals surface area contributed by atoms with Crippen molar-refractivity contribution in [2.45, 2.75) is 19.4 Å². The lowest BCUT2D eigenvalue weighted by Gasteiger charge is -2.32. The highest BCUT2D eigenvalue weighted by Crippen LogP contribution is 2.33. The zero-order valence-electron chi connectivity index (χ0n) is 11.8. The molecule has 1 fully saturated rings. The smallest absolute Gasteiger partial charge is 0.250 e. The maximum atomic E-state index is 12.3. The second kappa shape index (κ2) is 5.81. The van der Waals surface area contributed by atoms with E-state index in [9.17, 15) is 9.59 Å². The summed E-state index contributed by atoms with van der Waals surface area (Å²) in [6.07, 6.45) is 0.555. The first-order valence-corrected chi connectivity index (χ1v) is 6.43. The molecule has 0 radical (unpaired) electrons. The van der Waals surface area contributed by atoms with Crippen LogP contribution < -0.4 is 19.7 Å². The molecule has 6 nitrogen and oxygen atoms in total. The molecule has 6 heteroatoms. The van der Waals surface area contributed by atoms with Crippen LogP contribution in [0.25, 0.3) is 0 Å². The number of piperazine rings is 1. The first kappa shape index (κ1) is 14.2. The van der Waals surface area contributed by atoms with Crippen molar-refractivity contribution in [3.05, 3.63) is 18.2 Å². The van der Waals surface area contributed by atoms with E-state index >= 15 is 0 Å². The third kappa shape index (κ3) is 2.54. The number of nitrogens with one attached hydrogen (secondary N) is 1. The summed E-state index contributed by atoms with van der Waals surface area (Å²) in [7, 11) is 3.07. The molecule has 1 aromatic carbocycles. The normalized spacial score (nSPS) is 18.8. The molecule has 108 valence electrons. The maximum absolute atomic E-state index is 12.3. The molecule has 0 aliphatic carbocycles. The van der Waals surface area contributed by atoms with Gasteiger partial charge in [0.25, 0.3) is 0 Å². The van der Waals surface area contributed by atoms with E-state index in [2.05, 4.69) is 5.32 Å². The van der Waals surface area contributed by atoms with Crippen LogP contribution in [0, 0.1) is 0 Å². The molecular weight excluding hydrogens is 260 g/mol. The van der Waals surface area contributed by atoms with Crippen LogP contribution in [0.3, 0.4) is 0 Å². The highest BCUT2D eigenvalue weighted by atomic mass is 16.5. The minimum atomic E-state index is -0.483. The van der Waals surface area contributed by atoms with Crippen molar-refractivity contribution >= 4 is 17.5 Å². The molecule has 0 saturated carbocycles. The minimum Gasteiger partial charge on any atom is -0.497 e. The van der Waals surface area contributed by atoms with E-state index in [4.69, 9.17) is 9.47 Å². The maximum Gasteiger partial charge on any atom is 0.250 e. The first-order chi connectivity index (χ1) is 9.60. The average Bonchev–Trinajstić information content (AvgIpc) is 2.48. The Bertz CT molecular complexity index is 530. The molecule has 20 heavy (non-hydrogen) atoms. The molecule has 1 atom stereocenters. The van der Waals surface area contributed by atoms with E-state index in [-0.39, 0.29) is 18.4 Å². The van der Waals surface area contributed by atoms with Gasteiger partial charge in [-0.3, -0.25) is 14.5 Å². The van der Waals surface area contributed by atoms with Gasteiger partial charge in [0, 0.05) is 6.07 Å². The van der Waals surface area contributed by atoms with Gasteiger partial charge >= 0.3 is 0 Å². The molecule has 0 bridgehead atoms. The van der Waals surface area contributed by atoms with Gasteiger partial charge in [-0.05, 0) is 18.6 Å². The van der Waals surface area contributed by atoms with Gasteiger partial charge in [0.2, 0.25) is 11.8 Å². The summed E-state index contributed by atoms with van der Waals surface area (Å²) in [5.41, 5.74) is 0.576. The van der Waals surface area contributed by atoms with Gasteiger partial charge in [-0.1, -0.05) is 6.92 Å². The van der Waals surface area contributed by atoms with E-state index < -0.39 is 6.04 Å². The number of carbonyl (C=O) groups is 2. The number of rotatable bonds is 4. The zero-order chi connectivity index (χ0) is 14.7. The van der Waals surface area contributed by atoms with Crippen molar-refractivity contribution < 1.29 is 19.1 Å². The monoisotopic (exact) mass is 278 g/mol. The number of hydrogen-bond donors (Lipinski definition) is 1. The van der Waals surface area contributed by atoms with Gasteiger partial charge in [-0.15, -0.1) is 0 Å². The van der Waals surface area contributed by atoms with Crippen LogP contribution in [0.5, 0.6) is 11.5 Å². The fraction of sp³-hybridized carbons (Fsp3) is 0.429. The van der Waals surface area contributed by atoms with Gasteiger partial charge < -0.3 is 14.8 Å². The summed E-state index contributed by atoms with van der Waals surface area (Å²) in [4.78, 5) is 25.5. The Morgan fingerprint density at radius 1 is 1.30 bits per heavy atom. The fourth-order valence-corrected chi connectivity index (χ4v) is 2.20. The average molecular weight is 278 g/mol. The fourth-order valence-electron chi connectivity index (χ4n) is 2.20. The van der Waals surface area contributed by atoms with Crippen molar-refractivity contribution in [3.63, 3.8) is 0 Å². The van der Waals surface area contributed by atoms with Crippen LogP contribution in [0.15, 0.2) is 18.2 Å². The molecular formula is C14H18N2O4. The van der Waals surface area contributed by atoms with Gasteiger partial charge in [0.15, 0.2) is 0 Å². The number of ether oxygens (including phenoxy) is 2. The first-order valence-electron chi connectivity index (χ1n) is 6.43. The molecule has 1 N–H and O–H groups in total. The van der Waals surface area contributed by atoms with Crippen molar-refractivity contribution in [2.24, 2.45) is 0 Å². The second-order valence-electron chi connectivity index (χ2n) is 4.49. The van der Waals surface area contributed by atoms with E-state index in [0.29, 0.717) is 23.6 Å². The summed E-state index contributed by atoms with van der Waals surface area (Å²) in [6, 6.07) is 4.67. The van der Waals surface area contributed by atoms with Crippen LogP contribution in [0.4, 0.5) is 5.69 Å². The summed E-state index contributed by atoms with van der Waals surface area (Å²) in [5, 5.41) is 2.68. The standard InChI is InChI=1S/C14H18N2O4/c1-4-10-14(18)16(8-13(17)15-10)11-6-5-9(19-2)7-12(11)20-3/h5-7,10H,4,8H2,1-3H3,(H,15,17). The van der Waals surface area contributed by atoms with Gasteiger partial charge in [0.05, 0.1) is 19.9 Å². The Morgan fingerprint density at radius 3 is 2.65 bits per heavy atom. The Balaban J connectivity index is 2.38. The molecule has 0 aromatic heterocycles. The van der Waals surface area contributed by atoms with Gasteiger partial charge in [-0.2, -0.15) is 0 Å². The Hall–Kier alpha value is -2.24. The van der Waals surface area contributed by atoms with Gasteiger partial charge in [0.1, 0.15) is 24.1 Å². The Morgan fingerprint density at radius 2 is 2.05 bits per heavy atom. The van der Waals surface area contributed by atoms with Crippen LogP contribution in [0.1, 0.15) is 13.3 Å². The topological polar surface area (TPSA) is 67.9 Å². The van der Waals surface area contributed by atoms with Crippen molar-refractivity contribution in [1.29, 1.82) is 0 Å². The summed E-state index contributed by atoms with van der Waals surface area (Å²) in [6.45, 7) is 1.86. The molecule has 1 saturated heterocycles. The SMILES string of the molecule is CCC1NC(=O)CN(c2ccc(OC)cc2OC)C1=O. The van der Waals surface area contributed by atoms with E-state index in [0.717, 1.165) is 0 Å². The van der Waals surface area contributed by atoms with Crippen molar-refractivity contribution in [3.8, 4) is 11.5 Å². The second-order valence-corrected chi connectivity index (χ2v) is 4.49. The van der Waals surface area contributed by atoms with Crippen LogP contribution in [-0.2, 0) is 9.59 Å². The highest BCUT2D eigenvalue weighted by molar-refractivity contribution is 6.07. The van der Waals surface area contributed by atoms with E-state index in [1.165, 1.54) is 12.0 Å². The largest absolute Gasteiger partial charge is 0.497 e. The molecule has 1 aromatic rings. The quantitative estimate of drug-likeness (QED) is 0.890. The number of hydrogen-bond acceptors (Lipinski definition) is 4. The lowest BCUT2D eigenvalue weighted by Crippen LogP contribution is -2.58.